The van der Waals surface area contributed by atoms with Gasteiger partial charge in [-0.3, -0.25) is 9.59 Å². The van der Waals surface area contributed by atoms with Crippen molar-refractivity contribution in [2.45, 2.75) is 6.54 Å². The molecule has 3 aromatic rings. The fraction of sp³-hybridized carbons (Fsp3) is 0.190. The molecule has 30 heavy (non-hydrogen) atoms. The number of halogens is 2. The van der Waals surface area contributed by atoms with E-state index >= 15 is 0 Å². The molecule has 0 radical (unpaired) electrons. The van der Waals surface area contributed by atoms with Crippen molar-refractivity contribution in [2.24, 2.45) is 0 Å². The van der Waals surface area contributed by atoms with Gasteiger partial charge in [-0.05, 0) is 30.3 Å². The molecule has 0 unspecified atom stereocenters. The van der Waals surface area contributed by atoms with Crippen LogP contribution in [0, 0.1) is 11.6 Å². The SMILES string of the molecule is COc1cccc(-c2ccc(=O)n(CCNC(=O)COc3ccc(F)cc3F)n2)c1. The van der Waals surface area contributed by atoms with Gasteiger partial charge in [0.2, 0.25) is 0 Å². The van der Waals surface area contributed by atoms with Crippen LogP contribution in [-0.4, -0.2) is 35.9 Å². The van der Waals surface area contributed by atoms with E-state index < -0.39 is 24.1 Å². The molecule has 0 aliphatic rings. The first-order chi connectivity index (χ1) is 14.5. The van der Waals surface area contributed by atoms with Crippen molar-refractivity contribution in [1.29, 1.82) is 0 Å². The molecular weight excluding hydrogens is 396 g/mol. The minimum atomic E-state index is -0.895. The first kappa shape index (κ1) is 21.0. The summed E-state index contributed by atoms with van der Waals surface area (Å²) in [5.41, 5.74) is 1.04. The van der Waals surface area contributed by atoms with Crippen LogP contribution in [0.2, 0.25) is 0 Å². The highest BCUT2D eigenvalue weighted by molar-refractivity contribution is 5.77. The molecule has 0 saturated carbocycles. The van der Waals surface area contributed by atoms with E-state index in [4.69, 9.17) is 9.47 Å². The van der Waals surface area contributed by atoms with E-state index in [9.17, 15) is 18.4 Å². The molecule has 1 amide bonds. The molecule has 0 aliphatic carbocycles. The van der Waals surface area contributed by atoms with Crippen LogP contribution >= 0.6 is 0 Å². The summed E-state index contributed by atoms with van der Waals surface area (Å²) in [7, 11) is 1.56. The predicted octanol–water partition coefficient (Wildman–Crippen LogP) is 2.39. The molecule has 3 rings (SSSR count). The molecule has 0 aliphatic heterocycles. The van der Waals surface area contributed by atoms with E-state index in [1.165, 1.54) is 10.7 Å². The summed E-state index contributed by atoms with van der Waals surface area (Å²) >= 11 is 0. The molecule has 0 fully saturated rings. The van der Waals surface area contributed by atoms with Crippen molar-refractivity contribution >= 4 is 5.91 Å². The van der Waals surface area contributed by atoms with Crippen molar-refractivity contribution in [3.63, 3.8) is 0 Å². The number of ether oxygens (including phenoxy) is 2. The molecule has 1 heterocycles. The number of carbonyl (C=O) groups is 1. The maximum absolute atomic E-state index is 13.5. The Morgan fingerprint density at radius 1 is 1.13 bits per heavy atom. The maximum Gasteiger partial charge on any atom is 0.266 e. The van der Waals surface area contributed by atoms with Crippen LogP contribution in [0.3, 0.4) is 0 Å². The van der Waals surface area contributed by atoms with Gasteiger partial charge in [0.1, 0.15) is 11.6 Å². The minimum absolute atomic E-state index is 0.114. The Hall–Kier alpha value is -3.75. The maximum atomic E-state index is 13.5. The van der Waals surface area contributed by atoms with Gasteiger partial charge in [-0.15, -0.1) is 0 Å². The average molecular weight is 415 g/mol. The first-order valence-electron chi connectivity index (χ1n) is 9.03. The number of nitrogens with zero attached hydrogens (tertiary/aromatic N) is 2. The smallest absolute Gasteiger partial charge is 0.266 e. The van der Waals surface area contributed by atoms with E-state index in [1.54, 1.807) is 25.3 Å². The third-order valence-electron chi connectivity index (χ3n) is 4.13. The Morgan fingerprint density at radius 3 is 2.73 bits per heavy atom. The monoisotopic (exact) mass is 415 g/mol. The normalized spacial score (nSPS) is 10.5. The van der Waals surface area contributed by atoms with Gasteiger partial charge in [0, 0.05) is 24.2 Å². The largest absolute Gasteiger partial charge is 0.497 e. The zero-order valence-corrected chi connectivity index (χ0v) is 16.1. The lowest BCUT2D eigenvalue weighted by Gasteiger charge is -2.10. The molecule has 1 N–H and O–H groups in total. The quantitative estimate of drug-likeness (QED) is 0.611. The third-order valence-corrected chi connectivity index (χ3v) is 4.13. The lowest BCUT2D eigenvalue weighted by atomic mass is 10.1. The standard InChI is InChI=1S/C21H19F2N3O4/c1-29-16-4-2-3-14(11-16)18-6-8-21(28)26(25-18)10-9-24-20(27)13-30-19-7-5-15(22)12-17(19)23/h2-8,11-12H,9-10,13H2,1H3,(H,24,27). The van der Waals surface area contributed by atoms with Crippen LogP contribution in [0.15, 0.2) is 59.4 Å². The number of methoxy groups -OCH3 is 1. The summed E-state index contributed by atoms with van der Waals surface area (Å²) < 4.78 is 37.8. The van der Waals surface area contributed by atoms with E-state index in [-0.39, 0.29) is 24.4 Å². The number of benzene rings is 2. The second-order valence-electron chi connectivity index (χ2n) is 6.23. The number of hydrogen-bond acceptors (Lipinski definition) is 5. The van der Waals surface area contributed by atoms with Crippen molar-refractivity contribution in [2.75, 3.05) is 20.3 Å². The summed E-state index contributed by atoms with van der Waals surface area (Å²) in [5.74, 6) is -1.71. The molecule has 0 spiro atoms. The van der Waals surface area contributed by atoms with Gasteiger partial charge in [-0.2, -0.15) is 5.10 Å². The fourth-order valence-corrected chi connectivity index (χ4v) is 2.63. The van der Waals surface area contributed by atoms with Gasteiger partial charge >= 0.3 is 0 Å². The Bertz CT molecular complexity index is 1100. The van der Waals surface area contributed by atoms with E-state index in [0.717, 1.165) is 17.7 Å². The molecule has 0 bridgehead atoms. The molecule has 156 valence electrons. The summed E-state index contributed by atoms with van der Waals surface area (Å²) in [6.07, 6.45) is 0. The van der Waals surface area contributed by atoms with Gasteiger partial charge in [0.15, 0.2) is 18.2 Å². The topological polar surface area (TPSA) is 82.5 Å². The lowest BCUT2D eigenvalue weighted by Crippen LogP contribution is -2.34. The minimum Gasteiger partial charge on any atom is -0.497 e. The van der Waals surface area contributed by atoms with Crippen LogP contribution in [0.4, 0.5) is 8.78 Å². The van der Waals surface area contributed by atoms with Crippen LogP contribution in [0.5, 0.6) is 11.5 Å². The number of hydrogen-bond donors (Lipinski definition) is 1. The fourth-order valence-electron chi connectivity index (χ4n) is 2.63. The van der Waals surface area contributed by atoms with Crippen LogP contribution in [0.25, 0.3) is 11.3 Å². The van der Waals surface area contributed by atoms with E-state index in [1.807, 2.05) is 12.1 Å². The van der Waals surface area contributed by atoms with Crippen molar-refractivity contribution in [1.82, 2.24) is 15.1 Å². The molecular formula is C21H19F2N3O4. The third kappa shape index (κ3) is 5.40. The van der Waals surface area contributed by atoms with Gasteiger partial charge in [-0.1, -0.05) is 12.1 Å². The van der Waals surface area contributed by atoms with Gasteiger partial charge in [-0.25, -0.2) is 13.5 Å². The lowest BCUT2D eigenvalue weighted by molar-refractivity contribution is -0.123. The number of rotatable bonds is 8. The average Bonchev–Trinajstić information content (AvgIpc) is 2.74. The Balaban J connectivity index is 1.56. The number of amides is 1. The van der Waals surface area contributed by atoms with Gasteiger partial charge < -0.3 is 14.8 Å². The molecule has 7 nitrogen and oxygen atoms in total. The second-order valence-corrected chi connectivity index (χ2v) is 6.23. The molecule has 1 aromatic heterocycles. The van der Waals surface area contributed by atoms with Gasteiger partial charge in [0.25, 0.3) is 11.5 Å². The zero-order valence-electron chi connectivity index (χ0n) is 16.1. The van der Waals surface area contributed by atoms with Crippen molar-refractivity contribution in [3.05, 3.63) is 76.6 Å². The van der Waals surface area contributed by atoms with Gasteiger partial charge in [0.05, 0.1) is 19.3 Å². The van der Waals surface area contributed by atoms with E-state index in [0.29, 0.717) is 17.5 Å². The van der Waals surface area contributed by atoms with E-state index in [2.05, 4.69) is 10.4 Å². The van der Waals surface area contributed by atoms with Crippen LogP contribution in [0.1, 0.15) is 0 Å². The number of aromatic nitrogens is 2. The molecule has 9 heteroatoms. The summed E-state index contributed by atoms with van der Waals surface area (Å²) in [6, 6.07) is 13.1. The second kappa shape index (κ2) is 9.64. The first-order valence-corrected chi connectivity index (χ1v) is 9.03. The predicted molar refractivity (Wildman–Crippen MR) is 105 cm³/mol. The van der Waals surface area contributed by atoms with Crippen molar-refractivity contribution in [3.8, 4) is 22.8 Å². The Kier molecular flexibility index (Phi) is 6.74. The van der Waals surface area contributed by atoms with Crippen LogP contribution < -0.4 is 20.3 Å². The molecule has 0 atom stereocenters. The summed E-state index contributed by atoms with van der Waals surface area (Å²) in [5, 5.41) is 6.87. The Labute approximate surface area is 170 Å². The molecule has 2 aromatic carbocycles. The zero-order chi connectivity index (χ0) is 21.5. The highest BCUT2D eigenvalue weighted by Gasteiger charge is 2.09. The highest BCUT2D eigenvalue weighted by Crippen LogP contribution is 2.21. The van der Waals surface area contributed by atoms with Crippen molar-refractivity contribution < 1.29 is 23.0 Å². The van der Waals surface area contributed by atoms with Crippen LogP contribution in [-0.2, 0) is 11.3 Å². The summed E-state index contributed by atoms with van der Waals surface area (Å²) in [6.45, 7) is -0.204. The number of nitrogens with one attached hydrogen (secondary N) is 1. The number of carbonyl (C=O) groups excluding carboxylic acids is 1. The Morgan fingerprint density at radius 2 is 1.97 bits per heavy atom. The molecule has 0 saturated heterocycles. The summed E-state index contributed by atoms with van der Waals surface area (Å²) in [4.78, 5) is 23.9. The highest BCUT2D eigenvalue weighted by atomic mass is 19.1.